The van der Waals surface area contributed by atoms with E-state index in [1.807, 2.05) is 32.0 Å². The van der Waals surface area contributed by atoms with E-state index in [2.05, 4.69) is 5.32 Å². The largest absolute Gasteiger partial charge is 0.491 e. The molecule has 1 aliphatic carbocycles. The number of nitrogens with two attached hydrogens (primary N) is 1. The van der Waals surface area contributed by atoms with Gasteiger partial charge < -0.3 is 20.9 Å². The van der Waals surface area contributed by atoms with Crippen molar-refractivity contribution in [2.24, 2.45) is 5.73 Å². The predicted octanol–water partition coefficient (Wildman–Crippen LogP) is 2.71. The molecule has 0 aliphatic heterocycles. The quantitative estimate of drug-likeness (QED) is 0.731. The monoisotopic (exact) mass is 356 g/mol. The van der Waals surface area contributed by atoms with Gasteiger partial charge in [0.2, 0.25) is 5.91 Å². The van der Waals surface area contributed by atoms with Gasteiger partial charge >= 0.3 is 0 Å². The molecule has 1 amide bonds. The molecule has 0 radical (unpaired) electrons. The molecule has 1 saturated carbocycles. The van der Waals surface area contributed by atoms with Gasteiger partial charge in [-0.05, 0) is 44.4 Å². The van der Waals surface area contributed by atoms with Gasteiger partial charge in [0, 0.05) is 6.54 Å². The van der Waals surface area contributed by atoms with Gasteiger partial charge in [0.15, 0.2) is 0 Å². The Balaban J connectivity index is 0.00000288. The Hall–Kier alpha value is -1.30. The van der Waals surface area contributed by atoms with Crippen LogP contribution in [0.5, 0.6) is 5.75 Å². The Labute approximate surface area is 150 Å². The number of carbonyl (C=O) groups is 1. The molecule has 6 heteroatoms. The lowest BCUT2D eigenvalue weighted by molar-refractivity contribution is -0.128. The van der Waals surface area contributed by atoms with Crippen LogP contribution in [0.4, 0.5) is 0 Å². The molecule has 1 atom stereocenters. The first kappa shape index (κ1) is 20.7. The van der Waals surface area contributed by atoms with E-state index in [0.29, 0.717) is 18.6 Å². The molecule has 1 unspecified atom stereocenters. The zero-order chi connectivity index (χ0) is 16.9. The standard InChI is InChI=1S/C18H28N2O3.ClH/c1-13(2)23-15-8-6-7-14(11-15)16(21)12-20-17(22)18(19)9-4-3-5-10-18;/h6-8,11,13,16,21H,3-5,9-10,12,19H2,1-2H3,(H,20,22);1H. The summed E-state index contributed by atoms with van der Waals surface area (Å²) in [6, 6.07) is 7.31. The Morgan fingerprint density at radius 2 is 2.00 bits per heavy atom. The number of carbonyl (C=O) groups excluding carboxylic acids is 1. The van der Waals surface area contributed by atoms with Gasteiger partial charge in [-0.2, -0.15) is 0 Å². The third-order valence-electron chi connectivity index (χ3n) is 4.27. The minimum Gasteiger partial charge on any atom is -0.491 e. The van der Waals surface area contributed by atoms with Crippen LogP contribution >= 0.6 is 12.4 Å². The third kappa shape index (κ3) is 5.65. The number of hydrogen-bond donors (Lipinski definition) is 3. The molecule has 0 spiro atoms. The number of benzene rings is 1. The number of ether oxygens (including phenoxy) is 1. The summed E-state index contributed by atoms with van der Waals surface area (Å²) in [5.74, 6) is 0.552. The Bertz CT molecular complexity index is 531. The van der Waals surface area contributed by atoms with Crippen LogP contribution in [0.25, 0.3) is 0 Å². The maximum Gasteiger partial charge on any atom is 0.240 e. The molecular weight excluding hydrogens is 328 g/mol. The van der Waals surface area contributed by atoms with E-state index in [0.717, 1.165) is 24.8 Å². The Morgan fingerprint density at radius 3 is 2.62 bits per heavy atom. The first-order valence-electron chi connectivity index (χ1n) is 8.42. The first-order valence-corrected chi connectivity index (χ1v) is 8.42. The van der Waals surface area contributed by atoms with E-state index in [4.69, 9.17) is 10.5 Å². The van der Waals surface area contributed by atoms with Crippen LogP contribution in [-0.2, 0) is 4.79 Å². The summed E-state index contributed by atoms with van der Waals surface area (Å²) in [5, 5.41) is 13.1. The van der Waals surface area contributed by atoms with Gasteiger partial charge in [0.25, 0.3) is 0 Å². The van der Waals surface area contributed by atoms with Gasteiger partial charge in [-0.3, -0.25) is 4.79 Å². The minimum absolute atomic E-state index is 0. The third-order valence-corrected chi connectivity index (χ3v) is 4.27. The molecule has 1 aromatic rings. The number of hydrogen-bond acceptors (Lipinski definition) is 4. The average molecular weight is 357 g/mol. The lowest BCUT2D eigenvalue weighted by Gasteiger charge is -2.32. The highest BCUT2D eigenvalue weighted by molar-refractivity contribution is 5.86. The molecule has 0 aromatic heterocycles. The summed E-state index contributed by atoms with van der Waals surface area (Å²) in [6.45, 7) is 4.06. The van der Waals surface area contributed by atoms with Crippen molar-refractivity contribution in [3.05, 3.63) is 29.8 Å². The lowest BCUT2D eigenvalue weighted by atomic mass is 9.82. The van der Waals surface area contributed by atoms with Crippen LogP contribution in [0, 0.1) is 0 Å². The Morgan fingerprint density at radius 1 is 1.33 bits per heavy atom. The summed E-state index contributed by atoms with van der Waals surface area (Å²) >= 11 is 0. The zero-order valence-corrected chi connectivity index (χ0v) is 15.3. The van der Waals surface area contributed by atoms with Crippen molar-refractivity contribution in [3.8, 4) is 5.75 Å². The van der Waals surface area contributed by atoms with Crippen LogP contribution < -0.4 is 15.8 Å². The maximum atomic E-state index is 12.3. The van der Waals surface area contributed by atoms with Crippen LogP contribution in [0.1, 0.15) is 57.6 Å². The zero-order valence-electron chi connectivity index (χ0n) is 14.5. The van der Waals surface area contributed by atoms with Gasteiger partial charge in [-0.15, -0.1) is 12.4 Å². The molecule has 24 heavy (non-hydrogen) atoms. The minimum atomic E-state index is -0.777. The normalized spacial score (nSPS) is 17.7. The highest BCUT2D eigenvalue weighted by Gasteiger charge is 2.35. The topological polar surface area (TPSA) is 84.6 Å². The molecule has 4 N–H and O–H groups in total. The average Bonchev–Trinajstić information content (AvgIpc) is 2.52. The lowest BCUT2D eigenvalue weighted by Crippen LogP contribution is -2.55. The highest BCUT2D eigenvalue weighted by Crippen LogP contribution is 2.26. The van der Waals surface area contributed by atoms with Crippen LogP contribution in [0.2, 0.25) is 0 Å². The predicted molar refractivity (Wildman–Crippen MR) is 97.4 cm³/mol. The second kappa shape index (κ2) is 9.25. The maximum absolute atomic E-state index is 12.3. The van der Waals surface area contributed by atoms with E-state index in [1.54, 1.807) is 6.07 Å². The number of nitrogens with one attached hydrogen (secondary N) is 1. The number of rotatable bonds is 6. The van der Waals surface area contributed by atoms with Gasteiger partial charge in [0.05, 0.1) is 17.7 Å². The molecule has 1 fully saturated rings. The van der Waals surface area contributed by atoms with E-state index in [-0.39, 0.29) is 31.0 Å². The second-order valence-electron chi connectivity index (χ2n) is 6.68. The van der Waals surface area contributed by atoms with E-state index in [1.165, 1.54) is 0 Å². The first-order chi connectivity index (χ1) is 10.9. The number of amides is 1. The summed E-state index contributed by atoms with van der Waals surface area (Å²) in [7, 11) is 0. The van der Waals surface area contributed by atoms with Crippen molar-refractivity contribution in [1.29, 1.82) is 0 Å². The molecule has 0 heterocycles. The van der Waals surface area contributed by atoms with Crippen LogP contribution in [-0.4, -0.2) is 29.2 Å². The number of halogens is 1. The van der Waals surface area contributed by atoms with Crippen LogP contribution in [0.15, 0.2) is 24.3 Å². The molecular formula is C18H29ClN2O3. The highest BCUT2D eigenvalue weighted by atomic mass is 35.5. The molecule has 1 aliphatic rings. The Kier molecular flexibility index (Phi) is 8.00. The van der Waals surface area contributed by atoms with E-state index < -0.39 is 11.6 Å². The summed E-state index contributed by atoms with van der Waals surface area (Å²) in [6.07, 6.45) is 3.84. The fourth-order valence-electron chi connectivity index (χ4n) is 2.96. The second-order valence-corrected chi connectivity index (χ2v) is 6.68. The van der Waals surface area contributed by atoms with Gasteiger partial charge in [-0.1, -0.05) is 31.4 Å². The molecule has 0 saturated heterocycles. The summed E-state index contributed by atoms with van der Waals surface area (Å²) in [4.78, 5) is 12.3. The summed E-state index contributed by atoms with van der Waals surface area (Å²) in [5.41, 5.74) is 6.14. The van der Waals surface area contributed by atoms with E-state index >= 15 is 0 Å². The number of aliphatic hydroxyl groups excluding tert-OH is 1. The van der Waals surface area contributed by atoms with Crippen molar-refractivity contribution in [2.45, 2.75) is 63.7 Å². The van der Waals surface area contributed by atoms with E-state index in [9.17, 15) is 9.90 Å². The fraction of sp³-hybridized carbons (Fsp3) is 0.611. The van der Waals surface area contributed by atoms with Crippen LogP contribution in [0.3, 0.4) is 0 Å². The van der Waals surface area contributed by atoms with Gasteiger partial charge in [-0.25, -0.2) is 0 Å². The van der Waals surface area contributed by atoms with Crippen molar-refractivity contribution >= 4 is 18.3 Å². The fourth-order valence-corrected chi connectivity index (χ4v) is 2.96. The number of aliphatic hydroxyl groups is 1. The van der Waals surface area contributed by atoms with Crippen molar-refractivity contribution in [1.82, 2.24) is 5.32 Å². The molecule has 1 aromatic carbocycles. The van der Waals surface area contributed by atoms with Crippen molar-refractivity contribution in [3.63, 3.8) is 0 Å². The SMILES string of the molecule is CC(C)Oc1cccc(C(O)CNC(=O)C2(N)CCCCC2)c1.Cl. The molecule has 136 valence electrons. The molecule has 0 bridgehead atoms. The smallest absolute Gasteiger partial charge is 0.240 e. The molecule has 5 nitrogen and oxygen atoms in total. The van der Waals surface area contributed by atoms with Crippen molar-refractivity contribution < 1.29 is 14.6 Å². The van der Waals surface area contributed by atoms with Gasteiger partial charge in [0.1, 0.15) is 5.75 Å². The summed E-state index contributed by atoms with van der Waals surface area (Å²) < 4.78 is 5.62. The van der Waals surface area contributed by atoms with Crippen molar-refractivity contribution in [2.75, 3.05) is 6.54 Å². The molecule has 2 rings (SSSR count).